The Morgan fingerprint density at radius 1 is 0.541 bits per heavy atom. The summed E-state index contributed by atoms with van der Waals surface area (Å²) in [5, 5.41) is 15.5. The lowest BCUT2D eigenvalue weighted by Crippen LogP contribution is -2.41. The van der Waals surface area contributed by atoms with Crippen molar-refractivity contribution in [2.75, 3.05) is 21.1 Å². The molecule has 3 amide bonds. The van der Waals surface area contributed by atoms with Crippen LogP contribution in [0.5, 0.6) is 0 Å². The maximum atomic E-state index is 12.8. The molecule has 0 fully saturated rings. The van der Waals surface area contributed by atoms with E-state index in [0.717, 1.165) is 50.1 Å². The molecule has 3 unspecified atom stereocenters. The average molecular weight is 1130 g/mol. The van der Waals surface area contributed by atoms with E-state index >= 15 is 0 Å². The van der Waals surface area contributed by atoms with E-state index in [1.807, 2.05) is 148 Å². The van der Waals surface area contributed by atoms with E-state index in [1.54, 1.807) is 57.3 Å². The first-order valence-electron chi connectivity index (χ1n) is 26.4. The molecular weight excluding hydrogens is 1070 g/mol. The Balaban J connectivity index is 0.000000142. The number of amides is 3. The molecule has 420 valence electrons. The Morgan fingerprint density at radius 2 is 0.965 bits per heavy atom. The molecule has 20 nitrogen and oxygen atoms in total. The number of guanidine groups is 2. The van der Waals surface area contributed by atoms with Crippen LogP contribution in [0.2, 0.25) is 0 Å². The number of aliphatic imine (C=N–C) groups is 2. The van der Waals surface area contributed by atoms with Crippen molar-refractivity contribution < 1.29 is 23.4 Å². The summed E-state index contributed by atoms with van der Waals surface area (Å²) in [6, 6.07) is 45.9. The van der Waals surface area contributed by atoms with E-state index in [2.05, 4.69) is 46.8 Å². The van der Waals surface area contributed by atoms with Crippen LogP contribution in [0.25, 0.3) is 47.9 Å². The van der Waals surface area contributed by atoms with Crippen LogP contribution in [0.1, 0.15) is 85.7 Å². The van der Waals surface area contributed by atoms with Crippen molar-refractivity contribution in [3.63, 3.8) is 0 Å². The maximum Gasteiger partial charge on any atom is 0.265 e. The predicted octanol–water partition coefficient (Wildman–Crippen LogP) is 11.2. The average Bonchev–Trinajstić information content (AvgIpc) is 2.04. The van der Waals surface area contributed by atoms with Gasteiger partial charge in [0.1, 0.15) is 45.5 Å². The van der Waals surface area contributed by atoms with Gasteiger partial charge in [0.15, 0.2) is 34.7 Å². The van der Waals surface area contributed by atoms with Gasteiger partial charge in [0.25, 0.3) is 17.7 Å². The zero-order valence-electron chi connectivity index (χ0n) is 47.4. The molecule has 0 spiro atoms. The number of aryl methyl sites for hydroxylation is 1. The minimum atomic E-state index is -1.000. The number of nitrogens with one attached hydrogen (secondary N) is 1. The van der Waals surface area contributed by atoms with E-state index < -0.39 is 16.6 Å². The first-order valence-corrected chi connectivity index (χ1v) is 26.4. The quantitative estimate of drug-likeness (QED) is 0.133. The molecule has 3 aliphatic rings. The summed E-state index contributed by atoms with van der Waals surface area (Å²) >= 11 is 0. The van der Waals surface area contributed by atoms with Gasteiger partial charge in [-0.05, 0) is 107 Å². The SMILES string of the molecule is [C-]#[N+]c1cccc(-c2cccc(C3(C)N=C(N)N(C)C(=O)c4cnn(C)c43)c2)c1.[C-]#[N+]c1cccc(-c2cccc(C3(C)N=C(N)N(C)C(=O)c4conc43)c2)c1.[C-]#[N+]c1cccc(-c2cccc(C3(C)NC(=C)N(C)C(=O)c4cnoc43)c2)c1. The van der Waals surface area contributed by atoms with Gasteiger partial charge in [-0.15, -0.1) is 0 Å². The van der Waals surface area contributed by atoms with Crippen molar-refractivity contribution in [3.05, 3.63) is 261 Å². The topological polar surface area (TPSA) is 233 Å². The molecule has 6 aromatic carbocycles. The Bertz CT molecular complexity index is 4380. The summed E-state index contributed by atoms with van der Waals surface area (Å²) < 4.78 is 12.3. The second-order valence-electron chi connectivity index (χ2n) is 20.8. The highest BCUT2D eigenvalue weighted by atomic mass is 16.5. The number of fused-ring (bicyclic) bond motifs is 3. The van der Waals surface area contributed by atoms with Gasteiger partial charge in [-0.2, -0.15) is 5.10 Å². The van der Waals surface area contributed by atoms with E-state index in [9.17, 15) is 14.4 Å². The number of rotatable bonds is 6. The molecule has 0 radical (unpaired) electrons. The zero-order chi connectivity index (χ0) is 60.5. The van der Waals surface area contributed by atoms with Gasteiger partial charge < -0.3 is 25.8 Å². The molecule has 5 N–H and O–H groups in total. The summed E-state index contributed by atoms with van der Waals surface area (Å²) in [7, 11) is 6.63. The molecular formula is C65H55N15O5. The summed E-state index contributed by atoms with van der Waals surface area (Å²) in [6.07, 6.45) is 4.32. The first-order chi connectivity index (χ1) is 40.7. The highest BCUT2D eigenvalue weighted by Crippen LogP contribution is 2.42. The fourth-order valence-corrected chi connectivity index (χ4v) is 10.6. The Labute approximate surface area is 490 Å². The Hall–Kier alpha value is -11.7. The van der Waals surface area contributed by atoms with Crippen LogP contribution in [0, 0.1) is 19.7 Å². The third-order valence-electron chi connectivity index (χ3n) is 15.4. The maximum absolute atomic E-state index is 12.8. The van der Waals surface area contributed by atoms with E-state index in [1.165, 1.54) is 27.2 Å². The van der Waals surface area contributed by atoms with E-state index in [4.69, 9.17) is 45.2 Å². The number of hydrogen-bond acceptors (Lipinski definition) is 13. The van der Waals surface area contributed by atoms with Crippen LogP contribution in [0.3, 0.4) is 0 Å². The van der Waals surface area contributed by atoms with Crippen molar-refractivity contribution in [2.24, 2.45) is 28.5 Å². The number of benzene rings is 6. The fourth-order valence-electron chi connectivity index (χ4n) is 10.6. The third kappa shape index (κ3) is 10.3. The molecule has 6 heterocycles. The van der Waals surface area contributed by atoms with Gasteiger partial charge in [0.05, 0.1) is 43.4 Å². The fraction of sp³-hybridized carbons (Fsp3) is 0.154. The lowest BCUT2D eigenvalue weighted by molar-refractivity contribution is 0.0829. The molecule has 12 rings (SSSR count). The summed E-state index contributed by atoms with van der Waals surface area (Å²) in [5.74, 6) is 0.383. The van der Waals surface area contributed by atoms with Crippen LogP contribution < -0.4 is 16.8 Å². The monoisotopic (exact) mass is 1130 g/mol. The van der Waals surface area contributed by atoms with Crippen LogP contribution in [-0.2, 0) is 23.7 Å². The molecule has 0 saturated carbocycles. The van der Waals surface area contributed by atoms with Crippen molar-refractivity contribution >= 4 is 46.7 Å². The molecule has 3 aliphatic heterocycles. The largest absolute Gasteiger partial charge is 0.369 e. The molecule has 20 heteroatoms. The van der Waals surface area contributed by atoms with E-state index in [-0.39, 0.29) is 29.6 Å². The van der Waals surface area contributed by atoms with E-state index in [0.29, 0.717) is 56.7 Å². The summed E-state index contributed by atoms with van der Waals surface area (Å²) in [5.41, 5.74) is 21.7. The molecule has 3 aromatic heterocycles. The number of aromatic nitrogens is 4. The van der Waals surface area contributed by atoms with Crippen molar-refractivity contribution in [1.82, 2.24) is 40.1 Å². The van der Waals surface area contributed by atoms with Gasteiger partial charge >= 0.3 is 0 Å². The highest BCUT2D eigenvalue weighted by Gasteiger charge is 2.44. The lowest BCUT2D eigenvalue weighted by atomic mass is 9.85. The first kappa shape index (κ1) is 56.6. The normalized spacial score (nSPS) is 18.8. The Morgan fingerprint density at radius 3 is 1.47 bits per heavy atom. The predicted molar refractivity (Wildman–Crippen MR) is 322 cm³/mol. The minimum Gasteiger partial charge on any atom is -0.369 e. The number of carbonyl (C=O) groups excluding carboxylic acids is 3. The van der Waals surface area contributed by atoms with Crippen LogP contribution in [0.15, 0.2) is 196 Å². The van der Waals surface area contributed by atoms with Crippen molar-refractivity contribution in [2.45, 2.75) is 37.4 Å². The minimum absolute atomic E-state index is 0.103. The van der Waals surface area contributed by atoms with Crippen LogP contribution in [0.4, 0.5) is 17.1 Å². The van der Waals surface area contributed by atoms with Crippen LogP contribution in [-0.4, -0.2) is 85.6 Å². The van der Waals surface area contributed by atoms with Gasteiger partial charge in [0.2, 0.25) is 0 Å². The molecule has 85 heavy (non-hydrogen) atoms. The van der Waals surface area contributed by atoms with Gasteiger partial charge in [-0.25, -0.2) is 24.5 Å². The molecule has 3 atom stereocenters. The second-order valence-corrected chi connectivity index (χ2v) is 20.8. The molecule has 0 aliphatic carbocycles. The highest BCUT2D eigenvalue weighted by molar-refractivity contribution is 6.08. The zero-order valence-corrected chi connectivity index (χ0v) is 47.4. The standard InChI is InChI=1S/C22H20N6O.C22H18N4O2.C21H17N5O2/c1-22(19-18(13-25-28(19)4)20(29)27(3)21(23)26-22)16-9-5-7-14(11-16)15-8-6-10-17(12-15)24-2;1-14-25-22(2,20-19(13-24-28-20)21(27)26(14)4)17-9-5-7-15(11-17)16-8-6-10-18(12-16)23-3;1-21(18-17(12-28-25-18)19(27)26(3)20(22)24-21)15-8-4-6-13(10-15)14-7-5-9-16(11-14)23-2/h5-13H,1,3-4H3,(H2,23,26);5-13,25H,1H2,2,4H3;4-12H,1,3H3,(H2,22,24). The molecule has 0 saturated heterocycles. The smallest absolute Gasteiger partial charge is 0.265 e. The van der Waals surface area contributed by atoms with Gasteiger partial charge in [0, 0.05) is 28.2 Å². The second kappa shape index (κ2) is 22.3. The van der Waals surface area contributed by atoms with Crippen molar-refractivity contribution in [1.29, 1.82) is 0 Å². The molecule has 9 aromatic rings. The van der Waals surface area contributed by atoms with Gasteiger partial charge in [-0.3, -0.25) is 33.8 Å². The van der Waals surface area contributed by atoms with Crippen molar-refractivity contribution in [3.8, 4) is 33.4 Å². The number of hydrogen-bond donors (Lipinski definition) is 3. The summed E-state index contributed by atoms with van der Waals surface area (Å²) in [6.45, 7) is 31.4. The number of nitrogens with zero attached hydrogens (tertiary/aromatic N) is 12. The summed E-state index contributed by atoms with van der Waals surface area (Å²) in [4.78, 5) is 62.1. The number of nitrogens with two attached hydrogens (primary N) is 2. The number of carbonyl (C=O) groups is 3. The van der Waals surface area contributed by atoms with Gasteiger partial charge in [-0.1, -0.05) is 126 Å². The Kier molecular flexibility index (Phi) is 14.9. The third-order valence-corrected chi connectivity index (χ3v) is 15.4. The van der Waals surface area contributed by atoms with Crippen LogP contribution >= 0.6 is 0 Å². The molecule has 0 bridgehead atoms. The lowest BCUT2D eigenvalue weighted by Gasteiger charge is -2.31.